The van der Waals surface area contributed by atoms with E-state index in [0.29, 0.717) is 17.2 Å². The number of hydrogen-bond donors (Lipinski definition) is 1. The first-order chi connectivity index (χ1) is 11.4. The topological polar surface area (TPSA) is 38.3 Å². The Morgan fingerprint density at radius 1 is 1.17 bits per heavy atom. The van der Waals surface area contributed by atoms with Gasteiger partial charge >= 0.3 is 0 Å². The van der Waals surface area contributed by atoms with Crippen molar-refractivity contribution in [3.8, 4) is 5.75 Å². The predicted octanol–water partition coefficient (Wildman–Crippen LogP) is 4.63. The Bertz CT molecular complexity index is 670. The number of carbonyl (C=O) groups is 1. The molecule has 0 heterocycles. The molecule has 3 nitrogen and oxygen atoms in total. The molecule has 0 unspecified atom stereocenters. The van der Waals surface area contributed by atoms with Gasteiger partial charge in [-0.15, -0.1) is 0 Å². The van der Waals surface area contributed by atoms with Gasteiger partial charge in [-0.1, -0.05) is 54.9 Å². The Balaban J connectivity index is 2.00. The summed E-state index contributed by atoms with van der Waals surface area (Å²) >= 11 is 5.97. The van der Waals surface area contributed by atoms with Gasteiger partial charge in [0.2, 0.25) is 0 Å². The van der Waals surface area contributed by atoms with Gasteiger partial charge < -0.3 is 10.1 Å². The molecule has 0 spiro atoms. The SMILES string of the molecule is CC[C@@H](Oc1cccc(Cl)c1)C(=O)NC(C)(C)Cc1ccccc1. The van der Waals surface area contributed by atoms with E-state index in [1.807, 2.05) is 45.0 Å². The number of benzene rings is 2. The number of carbonyl (C=O) groups excluding carboxylic acids is 1. The van der Waals surface area contributed by atoms with Crippen molar-refractivity contribution in [2.45, 2.75) is 45.3 Å². The van der Waals surface area contributed by atoms with Gasteiger partial charge in [0.25, 0.3) is 5.91 Å². The molecular formula is C20H24ClNO2. The lowest BCUT2D eigenvalue weighted by Gasteiger charge is -2.29. The van der Waals surface area contributed by atoms with Crippen LogP contribution in [0.1, 0.15) is 32.8 Å². The highest BCUT2D eigenvalue weighted by Gasteiger charge is 2.26. The highest BCUT2D eigenvalue weighted by Crippen LogP contribution is 2.20. The zero-order valence-corrected chi connectivity index (χ0v) is 15.1. The molecule has 0 saturated heterocycles. The molecule has 4 heteroatoms. The lowest BCUT2D eigenvalue weighted by Crippen LogP contribution is -2.50. The van der Waals surface area contributed by atoms with E-state index in [9.17, 15) is 4.79 Å². The highest BCUT2D eigenvalue weighted by molar-refractivity contribution is 6.30. The van der Waals surface area contributed by atoms with Crippen LogP contribution in [-0.4, -0.2) is 17.6 Å². The molecule has 0 radical (unpaired) electrons. The van der Waals surface area contributed by atoms with E-state index in [1.165, 1.54) is 5.56 Å². The molecule has 0 aliphatic carbocycles. The van der Waals surface area contributed by atoms with Crippen LogP contribution in [-0.2, 0) is 11.2 Å². The summed E-state index contributed by atoms with van der Waals surface area (Å²) in [5, 5.41) is 3.68. The number of amides is 1. The predicted molar refractivity (Wildman–Crippen MR) is 98.5 cm³/mol. The molecule has 128 valence electrons. The highest BCUT2D eigenvalue weighted by atomic mass is 35.5. The number of nitrogens with one attached hydrogen (secondary N) is 1. The van der Waals surface area contributed by atoms with Crippen LogP contribution >= 0.6 is 11.6 Å². The molecule has 0 fully saturated rings. The van der Waals surface area contributed by atoms with Crippen molar-refractivity contribution in [3.05, 3.63) is 65.2 Å². The zero-order chi connectivity index (χ0) is 17.6. The van der Waals surface area contributed by atoms with Gasteiger partial charge in [0.15, 0.2) is 6.10 Å². The molecule has 0 bridgehead atoms. The fourth-order valence-electron chi connectivity index (χ4n) is 2.59. The Morgan fingerprint density at radius 3 is 2.50 bits per heavy atom. The maximum Gasteiger partial charge on any atom is 0.261 e. The summed E-state index contributed by atoms with van der Waals surface area (Å²) in [5.74, 6) is 0.490. The van der Waals surface area contributed by atoms with Crippen LogP contribution in [0.25, 0.3) is 0 Å². The second kappa shape index (κ2) is 8.20. The van der Waals surface area contributed by atoms with E-state index in [4.69, 9.17) is 16.3 Å². The number of ether oxygens (including phenoxy) is 1. The second-order valence-electron chi connectivity index (χ2n) is 6.51. The van der Waals surface area contributed by atoms with Crippen molar-refractivity contribution in [1.82, 2.24) is 5.32 Å². The maximum atomic E-state index is 12.6. The first kappa shape index (κ1) is 18.3. The molecule has 1 amide bonds. The van der Waals surface area contributed by atoms with Gasteiger partial charge in [-0.05, 0) is 50.5 Å². The Labute approximate surface area is 149 Å². The zero-order valence-electron chi connectivity index (χ0n) is 14.4. The summed E-state index contributed by atoms with van der Waals surface area (Å²) in [6.07, 6.45) is 0.797. The molecule has 1 atom stereocenters. The molecule has 2 rings (SSSR count). The van der Waals surface area contributed by atoms with Gasteiger partial charge in [-0.2, -0.15) is 0 Å². The minimum atomic E-state index is -0.543. The molecular weight excluding hydrogens is 322 g/mol. The lowest BCUT2D eigenvalue weighted by molar-refractivity contribution is -0.129. The average Bonchev–Trinajstić information content (AvgIpc) is 2.52. The van der Waals surface area contributed by atoms with E-state index in [1.54, 1.807) is 18.2 Å². The van der Waals surface area contributed by atoms with Gasteiger partial charge in [0.1, 0.15) is 5.75 Å². The van der Waals surface area contributed by atoms with Crippen LogP contribution < -0.4 is 10.1 Å². The Morgan fingerprint density at radius 2 is 1.88 bits per heavy atom. The van der Waals surface area contributed by atoms with Crippen molar-refractivity contribution in [3.63, 3.8) is 0 Å². The lowest BCUT2D eigenvalue weighted by atomic mass is 9.94. The van der Waals surface area contributed by atoms with Crippen LogP contribution in [0, 0.1) is 0 Å². The number of rotatable bonds is 7. The summed E-state index contributed by atoms with van der Waals surface area (Å²) in [5.41, 5.74) is 0.829. The second-order valence-corrected chi connectivity index (χ2v) is 6.94. The van der Waals surface area contributed by atoms with Gasteiger partial charge in [-0.3, -0.25) is 4.79 Å². The van der Waals surface area contributed by atoms with E-state index < -0.39 is 6.10 Å². The van der Waals surface area contributed by atoms with Crippen LogP contribution in [0.4, 0.5) is 0 Å². The molecule has 0 aliphatic heterocycles. The molecule has 2 aromatic rings. The third-order valence-electron chi connectivity index (χ3n) is 3.69. The van der Waals surface area contributed by atoms with Crippen LogP contribution in [0.3, 0.4) is 0 Å². The summed E-state index contributed by atoms with van der Waals surface area (Å²) in [4.78, 5) is 12.6. The smallest absolute Gasteiger partial charge is 0.261 e. The largest absolute Gasteiger partial charge is 0.481 e. The van der Waals surface area contributed by atoms with E-state index in [-0.39, 0.29) is 11.4 Å². The summed E-state index contributed by atoms with van der Waals surface area (Å²) < 4.78 is 5.81. The molecule has 0 aromatic heterocycles. The molecule has 0 aliphatic rings. The van der Waals surface area contributed by atoms with Crippen LogP contribution in [0.15, 0.2) is 54.6 Å². The van der Waals surface area contributed by atoms with Crippen LogP contribution in [0.5, 0.6) is 5.75 Å². The average molecular weight is 346 g/mol. The van der Waals surface area contributed by atoms with Crippen molar-refractivity contribution >= 4 is 17.5 Å². The summed E-state index contributed by atoms with van der Waals surface area (Å²) in [6, 6.07) is 17.2. The van der Waals surface area contributed by atoms with Crippen molar-refractivity contribution in [1.29, 1.82) is 0 Å². The normalized spacial score (nSPS) is 12.5. The first-order valence-electron chi connectivity index (χ1n) is 8.18. The standard InChI is InChI=1S/C20H24ClNO2/c1-4-18(24-17-12-8-11-16(21)13-17)19(23)22-20(2,3)14-15-9-6-5-7-10-15/h5-13,18H,4,14H2,1-3H3,(H,22,23)/t18-/m1/s1. The van der Waals surface area contributed by atoms with Crippen molar-refractivity contribution in [2.75, 3.05) is 0 Å². The first-order valence-corrected chi connectivity index (χ1v) is 8.55. The summed E-state index contributed by atoms with van der Waals surface area (Å²) in [7, 11) is 0. The Kier molecular flexibility index (Phi) is 6.27. The van der Waals surface area contributed by atoms with E-state index in [2.05, 4.69) is 17.4 Å². The third-order valence-corrected chi connectivity index (χ3v) is 3.92. The molecule has 24 heavy (non-hydrogen) atoms. The van der Waals surface area contributed by atoms with Crippen LogP contribution in [0.2, 0.25) is 5.02 Å². The minimum absolute atomic E-state index is 0.113. The summed E-state index contributed by atoms with van der Waals surface area (Å²) in [6.45, 7) is 5.97. The van der Waals surface area contributed by atoms with Gasteiger partial charge in [0, 0.05) is 10.6 Å². The molecule has 0 saturated carbocycles. The fourth-order valence-corrected chi connectivity index (χ4v) is 2.77. The van der Waals surface area contributed by atoms with Crippen molar-refractivity contribution in [2.24, 2.45) is 0 Å². The van der Waals surface area contributed by atoms with Gasteiger partial charge in [0.05, 0.1) is 0 Å². The van der Waals surface area contributed by atoms with E-state index in [0.717, 1.165) is 6.42 Å². The van der Waals surface area contributed by atoms with E-state index >= 15 is 0 Å². The fraction of sp³-hybridized carbons (Fsp3) is 0.350. The number of hydrogen-bond acceptors (Lipinski definition) is 2. The quantitative estimate of drug-likeness (QED) is 0.794. The maximum absolute atomic E-state index is 12.6. The third kappa shape index (κ3) is 5.57. The monoisotopic (exact) mass is 345 g/mol. The van der Waals surface area contributed by atoms with Gasteiger partial charge in [-0.25, -0.2) is 0 Å². The molecule has 2 aromatic carbocycles. The van der Waals surface area contributed by atoms with Crippen molar-refractivity contribution < 1.29 is 9.53 Å². The molecule has 1 N–H and O–H groups in total. The Hall–Kier alpha value is -2.00. The number of halogens is 1. The minimum Gasteiger partial charge on any atom is -0.481 e.